The molecule has 0 saturated heterocycles. The number of pyridine rings is 2. The van der Waals surface area contributed by atoms with E-state index >= 15 is 0 Å². The highest BCUT2D eigenvalue weighted by Crippen LogP contribution is 2.31. The first kappa shape index (κ1) is 20.6. The molecule has 0 fully saturated rings. The Balaban J connectivity index is 2.03. The van der Waals surface area contributed by atoms with Gasteiger partial charge < -0.3 is 20.0 Å². The average molecular weight is 413 g/mol. The molecule has 0 aliphatic rings. The van der Waals surface area contributed by atoms with Crippen LogP contribution in [0.25, 0.3) is 10.9 Å². The predicted molar refractivity (Wildman–Crippen MR) is 113 cm³/mol. The summed E-state index contributed by atoms with van der Waals surface area (Å²) in [7, 11) is 1.52. The molecule has 3 rings (SSSR count). The summed E-state index contributed by atoms with van der Waals surface area (Å²) in [4.78, 5) is 27.9. The number of benzene rings is 1. The highest BCUT2D eigenvalue weighted by Gasteiger charge is 2.21. The Kier molecular flexibility index (Phi) is 5.26. The fourth-order valence-electron chi connectivity index (χ4n) is 3.20. The van der Waals surface area contributed by atoms with Crippen LogP contribution in [0.3, 0.4) is 0 Å². The number of hydrogen-bond donors (Lipinski definition) is 3. The Morgan fingerprint density at radius 3 is 2.59 bits per heavy atom. The van der Waals surface area contributed by atoms with Crippen LogP contribution in [0.4, 0.5) is 5.69 Å². The van der Waals surface area contributed by atoms with Crippen molar-refractivity contribution in [3.63, 3.8) is 0 Å². The van der Waals surface area contributed by atoms with Gasteiger partial charge in [0.15, 0.2) is 0 Å². The molecule has 3 N–H and O–H groups in total. The Morgan fingerprint density at radius 1 is 1.28 bits per heavy atom. The summed E-state index contributed by atoms with van der Waals surface area (Å²) in [6, 6.07) is 9.60. The lowest BCUT2D eigenvalue weighted by Gasteiger charge is -2.20. The highest BCUT2D eigenvalue weighted by atomic mass is 35.5. The fourth-order valence-corrected chi connectivity index (χ4v) is 3.61. The second-order valence-corrected chi connectivity index (χ2v) is 7.91. The van der Waals surface area contributed by atoms with Crippen molar-refractivity contribution >= 4 is 28.2 Å². The van der Waals surface area contributed by atoms with Gasteiger partial charge in [0.05, 0.1) is 11.6 Å². The number of rotatable bonds is 4. The number of aromatic amines is 1. The third-order valence-corrected chi connectivity index (χ3v) is 5.19. The van der Waals surface area contributed by atoms with Gasteiger partial charge in [-0.3, -0.25) is 9.59 Å². The van der Waals surface area contributed by atoms with E-state index in [-0.39, 0.29) is 22.5 Å². The van der Waals surface area contributed by atoms with Crippen LogP contribution in [0, 0.1) is 11.3 Å². The van der Waals surface area contributed by atoms with E-state index in [4.69, 9.17) is 16.9 Å². The summed E-state index contributed by atoms with van der Waals surface area (Å²) < 4.78 is 1.25. The third-order valence-electron chi connectivity index (χ3n) is 4.88. The molecule has 0 amide bonds. The minimum atomic E-state index is -1.15. The van der Waals surface area contributed by atoms with Gasteiger partial charge in [0, 0.05) is 34.1 Å². The van der Waals surface area contributed by atoms with E-state index in [9.17, 15) is 14.7 Å². The molecule has 2 aromatic heterocycles. The SMILES string of the molecule is CC(Nc1ccc(C#N)n(C)c1=O)c1cc2cc(Cl)c(C(C)(C)O)cc2[nH]c1=O. The number of H-pyrrole nitrogens is 1. The molecule has 29 heavy (non-hydrogen) atoms. The van der Waals surface area contributed by atoms with Crippen LogP contribution in [0.15, 0.2) is 39.9 Å². The standard InChI is InChI=1S/C21H21ClN4O3/c1-11(24-17-6-5-13(10-23)26(4)20(17)28)14-7-12-8-16(22)15(21(2,3)29)9-18(12)25-19(14)27/h5-9,11,24,29H,1-4H3,(H,25,27). The maximum atomic E-state index is 12.6. The van der Waals surface area contributed by atoms with E-state index in [1.807, 2.05) is 6.07 Å². The zero-order valence-electron chi connectivity index (χ0n) is 16.5. The number of halogens is 1. The minimum absolute atomic E-state index is 0.244. The van der Waals surface area contributed by atoms with Crippen molar-refractivity contribution in [1.82, 2.24) is 9.55 Å². The number of nitrogens with zero attached hydrogens (tertiary/aromatic N) is 2. The molecule has 7 nitrogen and oxygen atoms in total. The maximum absolute atomic E-state index is 12.6. The Bertz CT molecular complexity index is 1260. The largest absolute Gasteiger partial charge is 0.386 e. The average Bonchev–Trinajstić information content (AvgIpc) is 2.64. The van der Waals surface area contributed by atoms with Gasteiger partial charge in [-0.15, -0.1) is 0 Å². The molecule has 3 aromatic rings. The van der Waals surface area contributed by atoms with E-state index in [1.54, 1.807) is 45.0 Å². The predicted octanol–water partition coefficient (Wildman–Crippen LogP) is 3.15. The molecule has 1 aromatic carbocycles. The summed E-state index contributed by atoms with van der Waals surface area (Å²) in [6.45, 7) is 5.01. The summed E-state index contributed by atoms with van der Waals surface area (Å²) in [5, 5.41) is 23.4. The van der Waals surface area contributed by atoms with Crippen molar-refractivity contribution in [2.75, 3.05) is 5.32 Å². The van der Waals surface area contributed by atoms with Crippen molar-refractivity contribution in [2.24, 2.45) is 7.05 Å². The maximum Gasteiger partial charge on any atom is 0.274 e. The van der Waals surface area contributed by atoms with Gasteiger partial charge >= 0.3 is 0 Å². The van der Waals surface area contributed by atoms with Crippen LogP contribution >= 0.6 is 11.6 Å². The zero-order chi connectivity index (χ0) is 21.5. The van der Waals surface area contributed by atoms with Crippen molar-refractivity contribution in [3.05, 3.63) is 72.9 Å². The van der Waals surface area contributed by atoms with Gasteiger partial charge in [0.2, 0.25) is 0 Å². The van der Waals surface area contributed by atoms with Crippen LogP contribution < -0.4 is 16.4 Å². The van der Waals surface area contributed by atoms with Crippen LogP contribution in [0.2, 0.25) is 5.02 Å². The molecule has 0 spiro atoms. The smallest absolute Gasteiger partial charge is 0.274 e. The van der Waals surface area contributed by atoms with E-state index in [2.05, 4.69) is 10.3 Å². The number of anilines is 1. The first-order valence-electron chi connectivity index (χ1n) is 8.99. The van der Waals surface area contributed by atoms with Gasteiger partial charge in [-0.05, 0) is 51.1 Å². The normalized spacial score (nSPS) is 12.6. The number of aliphatic hydroxyl groups is 1. The zero-order valence-corrected chi connectivity index (χ0v) is 17.3. The lowest BCUT2D eigenvalue weighted by Crippen LogP contribution is -2.26. The van der Waals surface area contributed by atoms with Gasteiger partial charge in [0.1, 0.15) is 17.5 Å². The lowest BCUT2D eigenvalue weighted by molar-refractivity contribution is 0.0788. The molecule has 0 saturated carbocycles. The summed E-state index contributed by atoms with van der Waals surface area (Å²) in [5.41, 5.74) is 0.214. The molecule has 1 unspecified atom stereocenters. The summed E-state index contributed by atoms with van der Waals surface area (Å²) in [5.74, 6) is 0. The van der Waals surface area contributed by atoms with Crippen molar-refractivity contribution in [1.29, 1.82) is 5.26 Å². The highest BCUT2D eigenvalue weighted by molar-refractivity contribution is 6.32. The van der Waals surface area contributed by atoms with Crippen molar-refractivity contribution < 1.29 is 5.11 Å². The molecule has 2 heterocycles. The fraction of sp³-hybridized carbons (Fsp3) is 0.286. The molecule has 1 atom stereocenters. The van der Waals surface area contributed by atoms with Gasteiger partial charge in [-0.25, -0.2) is 0 Å². The van der Waals surface area contributed by atoms with Crippen molar-refractivity contribution in [3.8, 4) is 6.07 Å². The number of nitriles is 1. The first-order valence-corrected chi connectivity index (χ1v) is 9.36. The van der Waals surface area contributed by atoms with Gasteiger partial charge in [-0.1, -0.05) is 11.6 Å². The van der Waals surface area contributed by atoms with Crippen LogP contribution in [0.5, 0.6) is 0 Å². The van der Waals surface area contributed by atoms with Crippen LogP contribution in [0.1, 0.15) is 43.6 Å². The Morgan fingerprint density at radius 2 is 1.97 bits per heavy atom. The van der Waals surface area contributed by atoms with Crippen molar-refractivity contribution in [2.45, 2.75) is 32.4 Å². The molecular weight excluding hydrogens is 392 g/mol. The topological polar surface area (TPSA) is 111 Å². The second-order valence-electron chi connectivity index (χ2n) is 7.51. The number of nitrogens with one attached hydrogen (secondary N) is 2. The Labute approximate surface area is 172 Å². The quantitative estimate of drug-likeness (QED) is 0.609. The third kappa shape index (κ3) is 3.90. The monoisotopic (exact) mass is 412 g/mol. The molecule has 8 heteroatoms. The van der Waals surface area contributed by atoms with Crippen LogP contribution in [-0.4, -0.2) is 14.7 Å². The second kappa shape index (κ2) is 7.39. The van der Waals surface area contributed by atoms with E-state index in [0.29, 0.717) is 27.1 Å². The minimum Gasteiger partial charge on any atom is -0.386 e. The molecule has 0 aliphatic heterocycles. The first-order chi connectivity index (χ1) is 13.5. The van der Waals surface area contributed by atoms with Gasteiger partial charge in [0.25, 0.3) is 11.1 Å². The molecule has 150 valence electrons. The number of aromatic nitrogens is 2. The lowest BCUT2D eigenvalue weighted by atomic mass is 9.96. The summed E-state index contributed by atoms with van der Waals surface area (Å²) >= 11 is 6.32. The van der Waals surface area contributed by atoms with E-state index in [0.717, 1.165) is 0 Å². The van der Waals surface area contributed by atoms with E-state index < -0.39 is 11.6 Å². The summed E-state index contributed by atoms with van der Waals surface area (Å²) in [6.07, 6.45) is 0. The molecular formula is C21H21ClN4O3. The number of hydrogen-bond acceptors (Lipinski definition) is 5. The molecule has 0 radical (unpaired) electrons. The van der Waals surface area contributed by atoms with Gasteiger partial charge in [-0.2, -0.15) is 5.26 Å². The number of fused-ring (bicyclic) bond motifs is 1. The van der Waals surface area contributed by atoms with E-state index in [1.165, 1.54) is 17.7 Å². The Hall–Kier alpha value is -3.08. The molecule has 0 aliphatic carbocycles. The molecule has 0 bridgehead atoms. The van der Waals surface area contributed by atoms with Crippen LogP contribution in [-0.2, 0) is 12.6 Å².